The maximum absolute atomic E-state index is 12.2. The average Bonchev–Trinajstić information content (AvgIpc) is 2.52. The molecule has 1 aliphatic carbocycles. The first kappa shape index (κ1) is 17.4. The minimum absolute atomic E-state index is 0.120. The predicted molar refractivity (Wildman–Crippen MR) is 87.1 cm³/mol. The SMILES string of the molecule is CC1CC(C)CC(C(=O)NOC(=O)c2ccccc2SC#N)C1. The summed E-state index contributed by atoms with van der Waals surface area (Å²) in [6.07, 6.45) is 2.76. The largest absolute Gasteiger partial charge is 0.364 e. The second kappa shape index (κ2) is 8.02. The van der Waals surface area contributed by atoms with Gasteiger partial charge in [0.1, 0.15) is 5.40 Å². The van der Waals surface area contributed by atoms with Crippen molar-refractivity contribution in [3.8, 4) is 5.40 Å². The molecule has 1 saturated carbocycles. The van der Waals surface area contributed by atoms with Crippen molar-refractivity contribution >= 4 is 23.6 Å². The van der Waals surface area contributed by atoms with Crippen molar-refractivity contribution in [2.75, 3.05) is 0 Å². The fourth-order valence-electron chi connectivity index (χ4n) is 3.17. The molecule has 0 saturated heterocycles. The highest BCUT2D eigenvalue weighted by Crippen LogP contribution is 2.32. The van der Waals surface area contributed by atoms with Crippen molar-refractivity contribution < 1.29 is 14.4 Å². The number of thioether (sulfide) groups is 1. The highest BCUT2D eigenvalue weighted by molar-refractivity contribution is 8.03. The number of hydroxylamine groups is 1. The van der Waals surface area contributed by atoms with E-state index < -0.39 is 5.97 Å². The molecule has 2 unspecified atom stereocenters. The molecule has 1 aromatic rings. The van der Waals surface area contributed by atoms with Gasteiger partial charge in [-0.25, -0.2) is 4.79 Å². The van der Waals surface area contributed by atoms with Gasteiger partial charge in [0.25, 0.3) is 5.91 Å². The smallest absolute Gasteiger partial charge is 0.335 e. The Balaban J connectivity index is 1.94. The zero-order valence-corrected chi connectivity index (χ0v) is 14.1. The number of benzene rings is 1. The summed E-state index contributed by atoms with van der Waals surface area (Å²) in [4.78, 5) is 29.7. The van der Waals surface area contributed by atoms with Gasteiger partial charge in [-0.05, 0) is 55.0 Å². The number of thiocyanates is 1. The van der Waals surface area contributed by atoms with Crippen molar-refractivity contribution in [1.82, 2.24) is 5.48 Å². The summed E-state index contributed by atoms with van der Waals surface area (Å²) >= 11 is 0.885. The number of nitrogens with zero attached hydrogens (tertiary/aromatic N) is 1. The van der Waals surface area contributed by atoms with Crippen LogP contribution in [0, 0.1) is 28.4 Å². The Morgan fingerprint density at radius 1 is 1.22 bits per heavy atom. The summed E-state index contributed by atoms with van der Waals surface area (Å²) in [5.41, 5.74) is 2.55. The van der Waals surface area contributed by atoms with Crippen LogP contribution >= 0.6 is 11.8 Å². The van der Waals surface area contributed by atoms with Gasteiger partial charge in [-0.15, -0.1) is 0 Å². The first-order valence-corrected chi connectivity index (χ1v) is 8.49. The molecular weight excluding hydrogens is 312 g/mol. The Morgan fingerprint density at radius 3 is 2.52 bits per heavy atom. The van der Waals surface area contributed by atoms with Gasteiger partial charge in [-0.1, -0.05) is 26.0 Å². The number of nitrogens with one attached hydrogen (secondary N) is 1. The van der Waals surface area contributed by atoms with Gasteiger partial charge in [0.05, 0.1) is 5.56 Å². The lowest BCUT2D eigenvalue weighted by molar-refractivity contribution is -0.136. The van der Waals surface area contributed by atoms with Crippen molar-refractivity contribution in [2.45, 2.75) is 38.0 Å². The molecule has 1 N–H and O–H groups in total. The van der Waals surface area contributed by atoms with Crippen molar-refractivity contribution in [3.63, 3.8) is 0 Å². The second-order valence-corrected chi connectivity index (χ2v) is 6.99. The molecule has 0 radical (unpaired) electrons. The van der Waals surface area contributed by atoms with E-state index in [2.05, 4.69) is 19.3 Å². The van der Waals surface area contributed by atoms with Gasteiger partial charge in [0, 0.05) is 10.8 Å². The average molecular weight is 332 g/mol. The molecule has 23 heavy (non-hydrogen) atoms. The highest BCUT2D eigenvalue weighted by Gasteiger charge is 2.29. The van der Waals surface area contributed by atoms with Crippen LogP contribution in [0.25, 0.3) is 0 Å². The fraction of sp³-hybridized carbons (Fsp3) is 0.471. The van der Waals surface area contributed by atoms with Gasteiger partial charge in [0.15, 0.2) is 0 Å². The van der Waals surface area contributed by atoms with E-state index in [1.807, 2.05) is 5.40 Å². The van der Waals surface area contributed by atoms with Gasteiger partial charge < -0.3 is 4.84 Å². The molecule has 0 spiro atoms. The molecule has 1 amide bonds. The summed E-state index contributed by atoms with van der Waals surface area (Å²) < 4.78 is 0. The van der Waals surface area contributed by atoms with Gasteiger partial charge >= 0.3 is 5.97 Å². The first-order chi connectivity index (χ1) is 11.0. The molecule has 6 heteroatoms. The third-order valence-electron chi connectivity index (χ3n) is 4.06. The Labute approximate surface area is 140 Å². The maximum Gasteiger partial charge on any atom is 0.364 e. The molecule has 0 aromatic heterocycles. The van der Waals surface area contributed by atoms with E-state index in [1.165, 1.54) is 0 Å². The molecule has 0 heterocycles. The lowest BCUT2D eigenvalue weighted by Gasteiger charge is -2.30. The van der Waals surface area contributed by atoms with Crippen molar-refractivity contribution in [1.29, 1.82) is 5.26 Å². The summed E-state index contributed by atoms with van der Waals surface area (Å²) in [5, 5.41) is 10.7. The van der Waals surface area contributed by atoms with Crippen LogP contribution < -0.4 is 5.48 Å². The maximum atomic E-state index is 12.2. The van der Waals surface area contributed by atoms with Crippen LogP contribution in [0.1, 0.15) is 43.5 Å². The highest BCUT2D eigenvalue weighted by atomic mass is 32.2. The molecule has 0 aliphatic heterocycles. The third-order valence-corrected chi connectivity index (χ3v) is 4.72. The zero-order chi connectivity index (χ0) is 16.8. The fourth-order valence-corrected chi connectivity index (χ4v) is 3.68. The molecule has 1 fully saturated rings. The molecule has 2 rings (SSSR count). The molecule has 122 valence electrons. The van der Waals surface area contributed by atoms with E-state index >= 15 is 0 Å². The second-order valence-electron chi connectivity index (χ2n) is 6.16. The van der Waals surface area contributed by atoms with Crippen molar-refractivity contribution in [2.24, 2.45) is 17.8 Å². The van der Waals surface area contributed by atoms with Crippen LogP contribution in [0.15, 0.2) is 29.2 Å². The third kappa shape index (κ3) is 4.73. The molecular formula is C17H20N2O3S. The number of rotatable bonds is 3. The number of carbonyl (C=O) groups excluding carboxylic acids is 2. The topological polar surface area (TPSA) is 79.2 Å². The minimum Gasteiger partial charge on any atom is -0.335 e. The van der Waals surface area contributed by atoms with Crippen LogP contribution in [0.2, 0.25) is 0 Å². The normalized spacial score (nSPS) is 23.6. The van der Waals surface area contributed by atoms with Crippen LogP contribution in [0.3, 0.4) is 0 Å². The molecule has 1 aromatic carbocycles. The van der Waals surface area contributed by atoms with Gasteiger partial charge in [0.2, 0.25) is 0 Å². The monoisotopic (exact) mass is 332 g/mol. The van der Waals surface area contributed by atoms with E-state index in [0.29, 0.717) is 16.7 Å². The van der Waals surface area contributed by atoms with E-state index in [-0.39, 0.29) is 17.4 Å². The number of carbonyl (C=O) groups is 2. The molecule has 1 aliphatic rings. The first-order valence-electron chi connectivity index (χ1n) is 7.67. The van der Waals surface area contributed by atoms with E-state index in [4.69, 9.17) is 10.1 Å². The molecule has 0 bridgehead atoms. The van der Waals surface area contributed by atoms with Crippen LogP contribution in [-0.2, 0) is 9.63 Å². The van der Waals surface area contributed by atoms with Gasteiger partial charge in [-0.3, -0.25) is 4.79 Å². The van der Waals surface area contributed by atoms with Crippen LogP contribution in [-0.4, -0.2) is 11.9 Å². The Kier molecular flexibility index (Phi) is 6.05. The Hall–Kier alpha value is -2.00. The van der Waals surface area contributed by atoms with Crippen LogP contribution in [0.4, 0.5) is 0 Å². The lowest BCUT2D eigenvalue weighted by Crippen LogP contribution is -2.36. The number of nitriles is 1. The van der Waals surface area contributed by atoms with E-state index in [9.17, 15) is 9.59 Å². The number of amides is 1. The summed E-state index contributed by atoms with van der Waals surface area (Å²) in [6.45, 7) is 4.27. The van der Waals surface area contributed by atoms with E-state index in [1.54, 1.807) is 24.3 Å². The molecule has 2 atom stereocenters. The zero-order valence-electron chi connectivity index (χ0n) is 13.2. The van der Waals surface area contributed by atoms with Gasteiger partial charge in [-0.2, -0.15) is 10.7 Å². The standard InChI is InChI=1S/C17H20N2O3S/c1-11-7-12(2)9-13(8-11)16(20)19-22-17(21)14-5-3-4-6-15(14)23-10-18/h3-6,11-13H,7-9H2,1-2H3,(H,19,20). The van der Waals surface area contributed by atoms with Crippen LogP contribution in [0.5, 0.6) is 0 Å². The van der Waals surface area contributed by atoms with Crippen molar-refractivity contribution in [3.05, 3.63) is 29.8 Å². The Morgan fingerprint density at radius 2 is 1.87 bits per heavy atom. The quantitative estimate of drug-likeness (QED) is 0.520. The summed E-state index contributed by atoms with van der Waals surface area (Å²) in [6, 6.07) is 6.65. The summed E-state index contributed by atoms with van der Waals surface area (Å²) in [5.74, 6) is -0.0306. The summed E-state index contributed by atoms with van der Waals surface area (Å²) in [7, 11) is 0. The minimum atomic E-state index is -0.659. The number of hydrogen-bond donors (Lipinski definition) is 1. The Bertz CT molecular complexity index is 617. The molecule has 5 nitrogen and oxygen atoms in total. The van der Waals surface area contributed by atoms with E-state index in [0.717, 1.165) is 31.0 Å². The lowest BCUT2D eigenvalue weighted by atomic mass is 9.76. The predicted octanol–water partition coefficient (Wildman–Crippen LogP) is 3.52. The number of hydrogen-bond acceptors (Lipinski definition) is 5.